The second kappa shape index (κ2) is 9.98. The summed E-state index contributed by atoms with van der Waals surface area (Å²) in [6.45, 7) is 6.74. The van der Waals surface area contributed by atoms with E-state index >= 15 is 0 Å². The van der Waals surface area contributed by atoms with E-state index in [0.29, 0.717) is 17.7 Å². The first-order valence-corrected chi connectivity index (χ1v) is 10.1. The van der Waals surface area contributed by atoms with Gasteiger partial charge in [-0.25, -0.2) is 0 Å². The summed E-state index contributed by atoms with van der Waals surface area (Å²) in [4.78, 5) is 2.55. The Morgan fingerprint density at radius 1 is 1.15 bits per heavy atom. The molecule has 27 heavy (non-hydrogen) atoms. The van der Waals surface area contributed by atoms with Gasteiger partial charge in [-0.1, -0.05) is 48.9 Å². The fourth-order valence-electron chi connectivity index (χ4n) is 3.71. The van der Waals surface area contributed by atoms with Crippen LogP contribution in [0.1, 0.15) is 30.9 Å². The van der Waals surface area contributed by atoms with Crippen LogP contribution in [0.3, 0.4) is 0 Å². The molecule has 1 atom stereocenters. The molecule has 146 valence electrons. The van der Waals surface area contributed by atoms with Crippen LogP contribution in [-0.4, -0.2) is 37.7 Å². The van der Waals surface area contributed by atoms with Crippen LogP contribution in [-0.2, 0) is 13.2 Å². The maximum absolute atomic E-state index is 6.26. The number of hydrogen-bond donors (Lipinski definition) is 1. The lowest BCUT2D eigenvalue weighted by molar-refractivity contribution is 0.258. The molecule has 3 rings (SSSR count). The van der Waals surface area contributed by atoms with Crippen molar-refractivity contribution in [3.05, 3.63) is 58.6 Å². The molecule has 4 nitrogen and oxygen atoms in total. The van der Waals surface area contributed by atoms with Crippen molar-refractivity contribution < 1.29 is 9.47 Å². The zero-order valence-electron chi connectivity index (χ0n) is 16.2. The standard InChI is InChI=1S/C22H29ClN2O2/c1-3-25-13-7-10-19(25)15-24-14-17-9-6-12-21(26-2)22(17)27-16-18-8-4-5-11-20(18)23/h4-6,8-9,11-12,19,24H,3,7,10,13-16H2,1-2H3/t19-/m0/s1. The van der Waals surface area contributed by atoms with Crippen molar-refractivity contribution >= 4 is 11.6 Å². The number of para-hydroxylation sites is 1. The van der Waals surface area contributed by atoms with Gasteiger partial charge in [0, 0.05) is 35.3 Å². The summed E-state index contributed by atoms with van der Waals surface area (Å²) in [5, 5.41) is 4.32. The minimum absolute atomic E-state index is 0.416. The highest BCUT2D eigenvalue weighted by atomic mass is 35.5. The molecule has 0 bridgehead atoms. The average molecular weight is 389 g/mol. The number of halogens is 1. The van der Waals surface area contributed by atoms with Crippen LogP contribution in [0.5, 0.6) is 11.5 Å². The number of methoxy groups -OCH3 is 1. The van der Waals surface area contributed by atoms with E-state index in [0.717, 1.165) is 42.3 Å². The van der Waals surface area contributed by atoms with Gasteiger partial charge in [0.2, 0.25) is 0 Å². The van der Waals surface area contributed by atoms with E-state index in [-0.39, 0.29) is 0 Å². The van der Waals surface area contributed by atoms with Crippen LogP contribution < -0.4 is 14.8 Å². The molecular weight excluding hydrogens is 360 g/mol. The first-order chi connectivity index (χ1) is 13.2. The predicted molar refractivity (Wildman–Crippen MR) is 111 cm³/mol. The van der Waals surface area contributed by atoms with Crippen LogP contribution in [0.25, 0.3) is 0 Å². The number of benzene rings is 2. The molecule has 1 aliphatic heterocycles. The lowest BCUT2D eigenvalue weighted by atomic mass is 10.1. The van der Waals surface area contributed by atoms with E-state index in [1.54, 1.807) is 7.11 Å². The zero-order valence-corrected chi connectivity index (χ0v) is 17.0. The van der Waals surface area contributed by atoms with Crippen LogP contribution in [0, 0.1) is 0 Å². The Kier molecular flexibility index (Phi) is 7.39. The Labute approximate surface area is 167 Å². The van der Waals surface area contributed by atoms with Gasteiger partial charge in [-0.05, 0) is 38.1 Å². The monoisotopic (exact) mass is 388 g/mol. The van der Waals surface area contributed by atoms with E-state index < -0.39 is 0 Å². The van der Waals surface area contributed by atoms with Crippen LogP contribution in [0.2, 0.25) is 5.02 Å². The van der Waals surface area contributed by atoms with E-state index in [1.165, 1.54) is 19.4 Å². The summed E-state index contributed by atoms with van der Waals surface area (Å²) in [5.41, 5.74) is 2.07. The summed E-state index contributed by atoms with van der Waals surface area (Å²) in [6, 6.07) is 14.4. The van der Waals surface area contributed by atoms with Crippen molar-refractivity contribution in [2.24, 2.45) is 0 Å². The lowest BCUT2D eigenvalue weighted by Gasteiger charge is -2.23. The van der Waals surface area contributed by atoms with Gasteiger partial charge in [0.15, 0.2) is 11.5 Å². The normalized spacial score (nSPS) is 17.2. The molecule has 0 aromatic heterocycles. The van der Waals surface area contributed by atoms with Crippen molar-refractivity contribution in [2.45, 2.75) is 39.0 Å². The Balaban J connectivity index is 1.65. The first kappa shape index (κ1) is 20.0. The SMILES string of the molecule is CCN1CCC[C@H]1CNCc1cccc(OC)c1OCc1ccccc1Cl. The Hall–Kier alpha value is -1.75. The number of likely N-dealkylation sites (tertiary alicyclic amines) is 1. The van der Waals surface area contributed by atoms with E-state index in [2.05, 4.69) is 23.2 Å². The summed E-state index contributed by atoms with van der Waals surface area (Å²) < 4.78 is 11.7. The molecule has 0 spiro atoms. The first-order valence-electron chi connectivity index (χ1n) is 9.69. The van der Waals surface area contributed by atoms with E-state index in [1.807, 2.05) is 36.4 Å². The van der Waals surface area contributed by atoms with Crippen LogP contribution in [0.4, 0.5) is 0 Å². The fraction of sp³-hybridized carbons (Fsp3) is 0.455. The topological polar surface area (TPSA) is 33.7 Å². The van der Waals surface area contributed by atoms with Gasteiger partial charge in [-0.2, -0.15) is 0 Å². The minimum Gasteiger partial charge on any atom is -0.493 e. The predicted octanol–water partition coefficient (Wildman–Crippen LogP) is 4.50. The fourth-order valence-corrected chi connectivity index (χ4v) is 3.90. The molecule has 0 unspecified atom stereocenters. The van der Waals surface area contributed by atoms with Crippen molar-refractivity contribution in [1.82, 2.24) is 10.2 Å². The molecule has 1 heterocycles. The second-order valence-electron chi connectivity index (χ2n) is 6.88. The third-order valence-corrected chi connectivity index (χ3v) is 5.58. The van der Waals surface area contributed by atoms with Gasteiger partial charge in [0.1, 0.15) is 6.61 Å². The van der Waals surface area contributed by atoms with Crippen molar-refractivity contribution in [3.8, 4) is 11.5 Å². The van der Waals surface area contributed by atoms with Crippen LogP contribution in [0.15, 0.2) is 42.5 Å². The van der Waals surface area contributed by atoms with Gasteiger partial charge in [-0.3, -0.25) is 4.90 Å². The third kappa shape index (κ3) is 5.16. The zero-order chi connectivity index (χ0) is 19.1. The lowest BCUT2D eigenvalue weighted by Crippen LogP contribution is -2.37. The number of nitrogens with one attached hydrogen (secondary N) is 1. The molecular formula is C22H29ClN2O2. The minimum atomic E-state index is 0.416. The maximum Gasteiger partial charge on any atom is 0.166 e. The van der Waals surface area contributed by atoms with Crippen LogP contribution >= 0.6 is 11.6 Å². The molecule has 0 radical (unpaired) electrons. The number of nitrogens with zero attached hydrogens (tertiary/aromatic N) is 1. The highest BCUT2D eigenvalue weighted by Gasteiger charge is 2.22. The molecule has 2 aromatic carbocycles. The summed E-state index contributed by atoms with van der Waals surface area (Å²) in [6.07, 6.45) is 2.57. The maximum atomic E-state index is 6.26. The van der Waals surface area contributed by atoms with E-state index in [9.17, 15) is 0 Å². The Morgan fingerprint density at radius 2 is 1.96 bits per heavy atom. The molecule has 5 heteroatoms. The molecule has 0 amide bonds. The number of ether oxygens (including phenoxy) is 2. The van der Waals surface area contributed by atoms with E-state index in [4.69, 9.17) is 21.1 Å². The van der Waals surface area contributed by atoms with Crippen molar-refractivity contribution in [2.75, 3.05) is 26.7 Å². The number of likely N-dealkylation sites (N-methyl/N-ethyl adjacent to an activating group) is 1. The summed E-state index contributed by atoms with van der Waals surface area (Å²) in [5.74, 6) is 1.53. The third-order valence-electron chi connectivity index (χ3n) is 5.21. The molecule has 2 aromatic rings. The molecule has 1 saturated heterocycles. The number of hydrogen-bond acceptors (Lipinski definition) is 4. The molecule has 1 N–H and O–H groups in total. The highest BCUT2D eigenvalue weighted by molar-refractivity contribution is 6.31. The van der Waals surface area contributed by atoms with Gasteiger partial charge in [0.05, 0.1) is 7.11 Å². The van der Waals surface area contributed by atoms with Gasteiger partial charge < -0.3 is 14.8 Å². The highest BCUT2D eigenvalue weighted by Crippen LogP contribution is 2.32. The summed E-state index contributed by atoms with van der Waals surface area (Å²) >= 11 is 6.26. The largest absolute Gasteiger partial charge is 0.493 e. The Bertz CT molecular complexity index is 738. The molecule has 1 fully saturated rings. The second-order valence-corrected chi connectivity index (χ2v) is 7.29. The summed E-state index contributed by atoms with van der Waals surface area (Å²) in [7, 11) is 1.67. The van der Waals surface area contributed by atoms with Gasteiger partial charge >= 0.3 is 0 Å². The van der Waals surface area contributed by atoms with Gasteiger partial charge in [-0.15, -0.1) is 0 Å². The molecule has 0 aliphatic carbocycles. The molecule has 1 aliphatic rings. The smallest absolute Gasteiger partial charge is 0.166 e. The van der Waals surface area contributed by atoms with Crippen molar-refractivity contribution in [1.29, 1.82) is 0 Å². The average Bonchev–Trinajstić information content (AvgIpc) is 3.15. The Morgan fingerprint density at radius 3 is 2.74 bits per heavy atom. The number of rotatable bonds is 9. The molecule has 0 saturated carbocycles. The van der Waals surface area contributed by atoms with Crippen molar-refractivity contribution in [3.63, 3.8) is 0 Å². The van der Waals surface area contributed by atoms with Gasteiger partial charge in [0.25, 0.3) is 0 Å². The quantitative estimate of drug-likeness (QED) is 0.685.